The summed E-state index contributed by atoms with van der Waals surface area (Å²) in [6.45, 7) is 2.97. The molecule has 1 N–H and O–H groups in total. The summed E-state index contributed by atoms with van der Waals surface area (Å²) in [5, 5.41) is 6.87. The fraction of sp³-hybridized carbons (Fsp3) is 0.318. The third-order valence-electron chi connectivity index (χ3n) is 5.35. The van der Waals surface area contributed by atoms with Gasteiger partial charge in [-0.1, -0.05) is 60.7 Å². The Kier molecular flexibility index (Phi) is 5.05. The van der Waals surface area contributed by atoms with E-state index in [0.29, 0.717) is 0 Å². The average molecular weight is 364 g/mol. The maximum atomic E-state index is 5.10. The van der Waals surface area contributed by atoms with Gasteiger partial charge in [0.1, 0.15) is 0 Å². The average Bonchev–Trinajstić information content (AvgIpc) is 3.21. The number of piperidine rings is 1. The van der Waals surface area contributed by atoms with Crippen LogP contribution < -0.4 is 10.2 Å². The van der Waals surface area contributed by atoms with E-state index in [1.807, 2.05) is 0 Å². The van der Waals surface area contributed by atoms with Crippen molar-refractivity contribution in [2.45, 2.75) is 24.8 Å². The summed E-state index contributed by atoms with van der Waals surface area (Å²) in [5.41, 5.74) is 3.97. The molecular weight excluding hydrogens is 338 g/mol. The first-order valence-electron chi connectivity index (χ1n) is 9.25. The highest BCUT2D eigenvalue weighted by Gasteiger charge is 2.37. The Hall–Kier alpha value is -2.17. The van der Waals surface area contributed by atoms with Gasteiger partial charge >= 0.3 is 0 Å². The molecule has 0 aliphatic carbocycles. The minimum atomic E-state index is 0.0366. The highest BCUT2D eigenvalue weighted by Crippen LogP contribution is 2.41. The van der Waals surface area contributed by atoms with Gasteiger partial charge in [0.25, 0.3) is 0 Å². The van der Waals surface area contributed by atoms with Crippen LogP contribution in [0.25, 0.3) is 0 Å². The molecule has 0 spiro atoms. The molecule has 1 fully saturated rings. The first kappa shape index (κ1) is 17.3. The molecule has 0 unspecified atom stereocenters. The van der Waals surface area contributed by atoms with Gasteiger partial charge in [-0.25, -0.2) is 4.98 Å². The number of nitrogens with one attached hydrogen (secondary N) is 1. The van der Waals surface area contributed by atoms with Crippen LogP contribution in [0.4, 0.5) is 5.13 Å². The third kappa shape index (κ3) is 3.39. The van der Waals surface area contributed by atoms with E-state index in [1.165, 1.54) is 16.8 Å². The topological polar surface area (TPSA) is 28.2 Å². The zero-order valence-corrected chi connectivity index (χ0v) is 16.0. The van der Waals surface area contributed by atoms with Crippen LogP contribution in [0, 0.1) is 0 Å². The number of anilines is 1. The number of hydrogen-bond donors (Lipinski definition) is 1. The molecule has 1 aliphatic heterocycles. The summed E-state index contributed by atoms with van der Waals surface area (Å²) in [6.07, 6.45) is 2.20. The Morgan fingerprint density at radius 1 is 1.00 bits per heavy atom. The molecule has 0 bridgehead atoms. The van der Waals surface area contributed by atoms with Crippen LogP contribution >= 0.6 is 11.3 Å². The molecule has 0 radical (unpaired) electrons. The van der Waals surface area contributed by atoms with Crippen LogP contribution in [0.3, 0.4) is 0 Å². The summed E-state index contributed by atoms with van der Waals surface area (Å²) in [6, 6.07) is 21.5. The quantitative estimate of drug-likeness (QED) is 0.726. The van der Waals surface area contributed by atoms with Gasteiger partial charge in [-0.2, -0.15) is 0 Å². The Labute approximate surface area is 159 Å². The molecule has 0 saturated carbocycles. The molecule has 4 rings (SSSR count). The van der Waals surface area contributed by atoms with E-state index in [2.05, 4.69) is 83.3 Å². The number of aromatic nitrogens is 1. The van der Waals surface area contributed by atoms with Gasteiger partial charge in [0.15, 0.2) is 5.13 Å². The molecule has 3 nitrogen and oxygen atoms in total. The van der Waals surface area contributed by atoms with Gasteiger partial charge in [-0.05, 0) is 37.1 Å². The van der Waals surface area contributed by atoms with Crippen LogP contribution in [0.1, 0.15) is 29.7 Å². The van der Waals surface area contributed by atoms with E-state index in [4.69, 9.17) is 4.98 Å². The lowest BCUT2D eigenvalue weighted by Crippen LogP contribution is -2.41. The second kappa shape index (κ2) is 7.60. The minimum Gasteiger partial charge on any atom is -0.347 e. The van der Waals surface area contributed by atoms with Crippen molar-refractivity contribution in [2.24, 2.45) is 0 Å². The first-order valence-corrected chi connectivity index (χ1v) is 10.1. The van der Waals surface area contributed by atoms with E-state index >= 15 is 0 Å². The first-order chi connectivity index (χ1) is 12.8. The van der Waals surface area contributed by atoms with Crippen LogP contribution in [-0.4, -0.2) is 25.1 Å². The van der Waals surface area contributed by atoms with Gasteiger partial charge in [-0.15, -0.1) is 11.3 Å². The molecule has 4 heteroatoms. The monoisotopic (exact) mass is 363 g/mol. The van der Waals surface area contributed by atoms with Crippen molar-refractivity contribution in [3.63, 3.8) is 0 Å². The Bertz CT molecular complexity index is 823. The van der Waals surface area contributed by atoms with Crippen molar-refractivity contribution in [2.75, 3.05) is 25.0 Å². The lowest BCUT2D eigenvalue weighted by molar-refractivity contribution is 0.355. The van der Waals surface area contributed by atoms with Crippen LogP contribution in [-0.2, 0) is 12.0 Å². The molecule has 2 aromatic carbocycles. The molecule has 0 atom stereocenters. The molecule has 1 saturated heterocycles. The van der Waals surface area contributed by atoms with E-state index in [9.17, 15) is 0 Å². The van der Waals surface area contributed by atoms with Gasteiger partial charge in [0.2, 0.25) is 0 Å². The van der Waals surface area contributed by atoms with Gasteiger partial charge in [0.05, 0.1) is 5.69 Å². The second-order valence-electron chi connectivity index (χ2n) is 7.06. The largest absolute Gasteiger partial charge is 0.347 e. The second-order valence-corrected chi connectivity index (χ2v) is 7.89. The highest BCUT2D eigenvalue weighted by molar-refractivity contribution is 7.13. The SMILES string of the molecule is CN(Cc1ccccc1)c1nc(C2(c3ccccc3)CCNCC2)cs1. The summed E-state index contributed by atoms with van der Waals surface area (Å²) in [5.74, 6) is 0. The molecular formula is C22H25N3S. The summed E-state index contributed by atoms with van der Waals surface area (Å²) >= 11 is 1.76. The lowest BCUT2D eigenvalue weighted by Gasteiger charge is -2.37. The standard InChI is InChI=1S/C22H25N3S/c1-25(16-18-8-4-2-5-9-18)21-24-20(17-26-21)22(12-14-23-15-13-22)19-10-6-3-7-11-19/h2-11,17,23H,12-16H2,1H3. The van der Waals surface area contributed by atoms with Crippen molar-refractivity contribution in [1.29, 1.82) is 0 Å². The molecule has 0 amide bonds. The van der Waals surface area contributed by atoms with Gasteiger partial charge in [0, 0.05) is 24.4 Å². The smallest absolute Gasteiger partial charge is 0.185 e. The molecule has 2 heterocycles. The minimum absolute atomic E-state index is 0.0366. The maximum Gasteiger partial charge on any atom is 0.185 e. The predicted molar refractivity (Wildman–Crippen MR) is 110 cm³/mol. The van der Waals surface area contributed by atoms with Crippen LogP contribution in [0.5, 0.6) is 0 Å². The van der Waals surface area contributed by atoms with E-state index in [-0.39, 0.29) is 5.41 Å². The van der Waals surface area contributed by atoms with Crippen molar-refractivity contribution < 1.29 is 0 Å². The lowest BCUT2D eigenvalue weighted by atomic mass is 9.71. The summed E-state index contributed by atoms with van der Waals surface area (Å²) in [4.78, 5) is 7.35. The van der Waals surface area contributed by atoms with Crippen molar-refractivity contribution in [3.05, 3.63) is 82.9 Å². The number of rotatable bonds is 5. The van der Waals surface area contributed by atoms with Gasteiger partial charge in [-0.3, -0.25) is 0 Å². The zero-order chi connectivity index (χ0) is 17.8. The van der Waals surface area contributed by atoms with Crippen molar-refractivity contribution in [3.8, 4) is 0 Å². The van der Waals surface area contributed by atoms with Crippen LogP contribution in [0.2, 0.25) is 0 Å². The Balaban J connectivity index is 1.62. The van der Waals surface area contributed by atoms with Crippen molar-refractivity contribution in [1.82, 2.24) is 10.3 Å². The fourth-order valence-corrected chi connectivity index (χ4v) is 4.78. The zero-order valence-electron chi connectivity index (χ0n) is 15.2. The third-order valence-corrected chi connectivity index (χ3v) is 6.31. The fourth-order valence-electron chi connectivity index (χ4n) is 3.89. The Morgan fingerprint density at radius 2 is 1.65 bits per heavy atom. The predicted octanol–water partition coefficient (Wildman–Crippen LogP) is 4.45. The molecule has 1 aromatic heterocycles. The number of thiazole rings is 1. The normalized spacial score (nSPS) is 16.3. The summed E-state index contributed by atoms with van der Waals surface area (Å²) < 4.78 is 0. The molecule has 26 heavy (non-hydrogen) atoms. The molecule has 3 aromatic rings. The van der Waals surface area contributed by atoms with E-state index in [1.54, 1.807) is 11.3 Å². The molecule has 134 valence electrons. The highest BCUT2D eigenvalue weighted by atomic mass is 32.1. The number of nitrogens with zero attached hydrogens (tertiary/aromatic N) is 2. The van der Waals surface area contributed by atoms with E-state index in [0.717, 1.165) is 37.6 Å². The number of hydrogen-bond acceptors (Lipinski definition) is 4. The van der Waals surface area contributed by atoms with Crippen LogP contribution in [0.15, 0.2) is 66.0 Å². The van der Waals surface area contributed by atoms with Gasteiger partial charge < -0.3 is 10.2 Å². The Morgan fingerprint density at radius 3 is 2.35 bits per heavy atom. The van der Waals surface area contributed by atoms with E-state index < -0.39 is 0 Å². The summed E-state index contributed by atoms with van der Waals surface area (Å²) in [7, 11) is 2.13. The maximum absolute atomic E-state index is 5.10. The number of benzene rings is 2. The molecule has 1 aliphatic rings. The van der Waals surface area contributed by atoms with Crippen molar-refractivity contribution >= 4 is 16.5 Å².